The fourth-order valence-corrected chi connectivity index (χ4v) is 10.1. The Balaban J connectivity index is 1.50. The zero-order valence-corrected chi connectivity index (χ0v) is 37.0. The fourth-order valence-electron chi connectivity index (χ4n) is 10.1. The van der Waals surface area contributed by atoms with E-state index in [4.69, 9.17) is 0 Å². The summed E-state index contributed by atoms with van der Waals surface area (Å²) in [6.45, 7) is 41.1. The Labute approximate surface area is 364 Å². The van der Waals surface area contributed by atoms with E-state index in [0.29, 0.717) is 0 Å². The van der Waals surface area contributed by atoms with Crippen LogP contribution in [0.2, 0.25) is 0 Å². The highest BCUT2D eigenvalue weighted by Crippen LogP contribution is 2.58. The van der Waals surface area contributed by atoms with Crippen LogP contribution >= 0.6 is 0 Å². The van der Waals surface area contributed by atoms with Gasteiger partial charge in [-0.25, -0.2) is 0 Å². The first kappa shape index (κ1) is 42.2. The molecule has 0 N–H and O–H groups in total. The van der Waals surface area contributed by atoms with E-state index in [1.807, 2.05) is 48.6 Å². The Morgan fingerprint density at radius 1 is 0.705 bits per heavy atom. The van der Waals surface area contributed by atoms with Gasteiger partial charge in [-0.1, -0.05) is 151 Å². The van der Waals surface area contributed by atoms with Gasteiger partial charge in [-0.15, -0.1) is 0 Å². The third kappa shape index (κ3) is 6.50. The van der Waals surface area contributed by atoms with Crippen molar-refractivity contribution in [3.8, 4) is 22.3 Å². The van der Waals surface area contributed by atoms with Gasteiger partial charge in [0.1, 0.15) is 0 Å². The average Bonchev–Trinajstić information content (AvgIpc) is 3.74. The predicted octanol–water partition coefficient (Wildman–Crippen LogP) is 16.9. The molecule has 0 aliphatic heterocycles. The Morgan fingerprint density at radius 2 is 1.39 bits per heavy atom. The molecule has 2 nitrogen and oxygen atoms in total. The van der Waals surface area contributed by atoms with Gasteiger partial charge < -0.3 is 9.47 Å². The average molecular weight is 795 g/mol. The molecule has 0 atom stereocenters. The smallest absolute Gasteiger partial charge is 0.0543 e. The van der Waals surface area contributed by atoms with Gasteiger partial charge in [0.25, 0.3) is 0 Å². The van der Waals surface area contributed by atoms with Crippen molar-refractivity contribution >= 4 is 63.1 Å². The van der Waals surface area contributed by atoms with Crippen LogP contribution < -0.4 is 4.90 Å². The first-order valence-corrected chi connectivity index (χ1v) is 21.3. The van der Waals surface area contributed by atoms with Gasteiger partial charge in [-0.3, -0.25) is 0 Å². The SMILES string of the molecule is C=C/C=C(\C=C)N(c1ccc2c3ccccc3n(C)c2c1)c1cc2c(c(C=C)c1C=C)-c1ccc(-c3cc(C)c(C(/C=C\C)=C(\C)C=C)c(C=C)c3C=C)cc1C2(CC)CC. The summed E-state index contributed by atoms with van der Waals surface area (Å²) < 4.78 is 2.28. The Hall–Kier alpha value is -6.90. The van der Waals surface area contributed by atoms with Crippen LogP contribution in [0.15, 0.2) is 167 Å². The molecule has 1 heterocycles. The lowest BCUT2D eigenvalue weighted by molar-refractivity contribution is 0.490. The summed E-state index contributed by atoms with van der Waals surface area (Å²) >= 11 is 0. The van der Waals surface area contributed by atoms with Gasteiger partial charge in [-0.2, -0.15) is 0 Å². The molecular formula is C59H58N2. The van der Waals surface area contributed by atoms with Crippen LogP contribution in [-0.4, -0.2) is 4.57 Å². The van der Waals surface area contributed by atoms with Crippen LogP contribution in [0, 0.1) is 6.92 Å². The van der Waals surface area contributed by atoms with E-state index in [0.717, 1.165) is 85.5 Å². The molecule has 0 spiro atoms. The molecule has 61 heavy (non-hydrogen) atoms. The maximum absolute atomic E-state index is 4.46. The predicted molar refractivity (Wildman–Crippen MR) is 272 cm³/mol. The Kier molecular flexibility index (Phi) is 11.8. The van der Waals surface area contributed by atoms with Gasteiger partial charge >= 0.3 is 0 Å². The lowest BCUT2D eigenvalue weighted by Crippen LogP contribution is -2.24. The van der Waals surface area contributed by atoms with Gasteiger partial charge in [0.15, 0.2) is 0 Å². The summed E-state index contributed by atoms with van der Waals surface area (Å²) in [6, 6.07) is 27.1. The maximum atomic E-state index is 4.46. The first-order chi connectivity index (χ1) is 29.6. The minimum absolute atomic E-state index is 0.275. The molecule has 0 saturated carbocycles. The van der Waals surface area contributed by atoms with Crippen molar-refractivity contribution in [1.29, 1.82) is 0 Å². The van der Waals surface area contributed by atoms with Crippen molar-refractivity contribution < 1.29 is 0 Å². The summed E-state index contributed by atoms with van der Waals surface area (Å²) in [5, 5.41) is 2.45. The molecule has 0 bridgehead atoms. The van der Waals surface area contributed by atoms with Crippen molar-refractivity contribution in [1.82, 2.24) is 4.57 Å². The summed E-state index contributed by atoms with van der Waals surface area (Å²) in [4.78, 5) is 2.31. The van der Waals surface area contributed by atoms with Crippen LogP contribution in [-0.2, 0) is 12.5 Å². The number of hydrogen-bond acceptors (Lipinski definition) is 1. The standard InChI is InChI=1S/C59H58N2/c1-14-26-41(17-4)61(42-31-33-49-48-28-24-25-29-54(48)60(13)55(49)36-42)56-37-53-58(46(21-8)44(56)19-6)50-32-30-40(35-52(50)59(53,22-9)23-10)51-34-39(12)57(45(20-7)43(51)18-5)47(27-15-2)38(11)16-3/h14-21,24-37H,1,3-8,22-23H2,2,9-13H3/b27-15-,41-26+,47-38+. The molecule has 6 aromatic rings. The quantitative estimate of drug-likeness (QED) is 0.0940. The largest absolute Gasteiger partial charge is 0.344 e. The highest BCUT2D eigenvalue weighted by atomic mass is 15.2. The number of anilines is 2. The van der Waals surface area contributed by atoms with Crippen LogP contribution in [0.1, 0.15) is 85.0 Å². The van der Waals surface area contributed by atoms with Crippen LogP contribution in [0.4, 0.5) is 11.4 Å². The number of aromatic nitrogens is 1. The highest BCUT2D eigenvalue weighted by molar-refractivity contribution is 6.09. The monoisotopic (exact) mass is 794 g/mol. The third-order valence-electron chi connectivity index (χ3n) is 13.1. The summed E-state index contributed by atoms with van der Waals surface area (Å²) in [5.41, 5.74) is 21.2. The van der Waals surface area contributed by atoms with Gasteiger partial charge in [0.2, 0.25) is 0 Å². The molecule has 1 aromatic heterocycles. The molecule has 304 valence electrons. The van der Waals surface area contributed by atoms with E-state index in [1.54, 1.807) is 0 Å². The van der Waals surface area contributed by atoms with Crippen molar-refractivity contribution in [3.63, 3.8) is 0 Å². The van der Waals surface area contributed by atoms with E-state index < -0.39 is 0 Å². The third-order valence-corrected chi connectivity index (χ3v) is 13.1. The molecule has 0 saturated heterocycles. The van der Waals surface area contributed by atoms with Gasteiger partial charge in [-0.05, 0) is 148 Å². The zero-order valence-electron chi connectivity index (χ0n) is 37.0. The highest BCUT2D eigenvalue weighted by Gasteiger charge is 2.43. The normalized spacial score (nSPS) is 13.4. The number of allylic oxidation sites excluding steroid dienone is 8. The number of rotatable bonds is 15. The molecule has 5 aromatic carbocycles. The van der Waals surface area contributed by atoms with Crippen molar-refractivity contribution in [3.05, 3.63) is 211 Å². The molecule has 2 heteroatoms. The summed E-state index contributed by atoms with van der Waals surface area (Å²) in [6.07, 6.45) is 21.7. The molecule has 1 aliphatic carbocycles. The molecule has 0 fully saturated rings. The second kappa shape index (κ2) is 17.0. The van der Waals surface area contributed by atoms with Gasteiger partial charge in [0.05, 0.1) is 11.2 Å². The van der Waals surface area contributed by atoms with E-state index in [2.05, 4.69) is 182 Å². The summed E-state index contributed by atoms with van der Waals surface area (Å²) in [5.74, 6) is 0. The zero-order chi connectivity index (χ0) is 43.7. The molecule has 7 rings (SSSR count). The topological polar surface area (TPSA) is 8.17 Å². The Morgan fingerprint density at radius 3 is 2.02 bits per heavy atom. The van der Waals surface area contributed by atoms with Crippen LogP contribution in [0.25, 0.3) is 73.9 Å². The lowest BCUT2D eigenvalue weighted by atomic mass is 9.72. The first-order valence-electron chi connectivity index (χ1n) is 21.3. The van der Waals surface area contributed by atoms with Crippen molar-refractivity contribution in [2.75, 3.05) is 4.90 Å². The molecule has 1 aliphatic rings. The van der Waals surface area contributed by atoms with Crippen LogP contribution in [0.5, 0.6) is 0 Å². The van der Waals surface area contributed by atoms with Crippen molar-refractivity contribution in [2.45, 2.75) is 52.9 Å². The molecule has 0 amide bonds. The molecule has 0 unspecified atom stereocenters. The van der Waals surface area contributed by atoms with E-state index in [-0.39, 0.29) is 5.41 Å². The molecular weight excluding hydrogens is 737 g/mol. The number of para-hydroxylation sites is 1. The number of fused-ring (bicyclic) bond motifs is 6. The number of benzene rings is 5. The summed E-state index contributed by atoms with van der Waals surface area (Å²) in [7, 11) is 2.14. The minimum atomic E-state index is -0.275. The van der Waals surface area contributed by atoms with E-state index >= 15 is 0 Å². The second-order valence-electron chi connectivity index (χ2n) is 15.9. The Bertz CT molecular complexity index is 2940. The number of aryl methyl sites for hydroxylation is 2. The van der Waals surface area contributed by atoms with E-state index in [9.17, 15) is 0 Å². The maximum Gasteiger partial charge on any atom is 0.0543 e. The minimum Gasteiger partial charge on any atom is -0.344 e. The lowest BCUT2D eigenvalue weighted by Gasteiger charge is -2.34. The van der Waals surface area contributed by atoms with E-state index in [1.165, 1.54) is 44.1 Å². The number of hydrogen-bond donors (Lipinski definition) is 0. The fraction of sp³-hybridized carbons (Fsp3) is 0.153. The molecule has 0 radical (unpaired) electrons. The van der Waals surface area contributed by atoms with Crippen LogP contribution in [0.3, 0.4) is 0 Å². The number of nitrogens with zero attached hydrogens (tertiary/aromatic N) is 2. The van der Waals surface area contributed by atoms with Gasteiger partial charge in [0, 0.05) is 45.7 Å². The second-order valence-corrected chi connectivity index (χ2v) is 15.9. The van der Waals surface area contributed by atoms with Crippen molar-refractivity contribution in [2.24, 2.45) is 7.05 Å².